The number of aryl methyl sites for hydroxylation is 3. The van der Waals surface area contributed by atoms with E-state index in [2.05, 4.69) is 25.9 Å². The summed E-state index contributed by atoms with van der Waals surface area (Å²) in [6.07, 6.45) is 0. The van der Waals surface area contributed by atoms with Crippen LogP contribution < -0.4 is 10.6 Å². The van der Waals surface area contributed by atoms with Gasteiger partial charge in [0.15, 0.2) is 4.34 Å². The van der Waals surface area contributed by atoms with E-state index in [0.29, 0.717) is 5.13 Å². The molecule has 0 aliphatic rings. The molecule has 9 heteroatoms. The number of nitrogens with one attached hydrogen (secondary N) is 2. The first-order valence-electron chi connectivity index (χ1n) is 8.48. The second kappa shape index (κ2) is 8.10. The summed E-state index contributed by atoms with van der Waals surface area (Å²) in [5.74, 6) is -0.0809. The summed E-state index contributed by atoms with van der Waals surface area (Å²) in [6.45, 7) is 7.71. The number of carbonyl (C=O) groups is 1. The third-order valence-electron chi connectivity index (χ3n) is 4.08. The molecule has 0 aliphatic heterocycles. The minimum absolute atomic E-state index is 0.0809. The molecule has 142 valence electrons. The number of nitrogens with zero attached hydrogens (tertiary/aromatic N) is 4. The Morgan fingerprint density at radius 2 is 2.04 bits per heavy atom. The van der Waals surface area contributed by atoms with Crippen molar-refractivity contribution in [1.82, 2.24) is 20.0 Å². The summed E-state index contributed by atoms with van der Waals surface area (Å²) in [5, 5.41) is 19.3. The van der Waals surface area contributed by atoms with Gasteiger partial charge in [-0.15, -0.1) is 10.2 Å². The van der Waals surface area contributed by atoms with Crippen LogP contribution in [0.3, 0.4) is 0 Å². The fourth-order valence-corrected chi connectivity index (χ4v) is 4.45. The SMILES string of the molecule is Cc1cccc(Nc2nnc(S[C@@H](C)C(=O)Nc3c(C)nn(C)c3C)s2)c1. The normalized spacial score (nSPS) is 12.0. The molecule has 2 aromatic heterocycles. The molecule has 3 rings (SSSR count). The quantitative estimate of drug-likeness (QED) is 0.605. The van der Waals surface area contributed by atoms with Crippen LogP contribution in [0.1, 0.15) is 23.9 Å². The summed E-state index contributed by atoms with van der Waals surface area (Å²) in [5.41, 5.74) is 4.65. The third kappa shape index (κ3) is 4.67. The molecule has 0 saturated carbocycles. The lowest BCUT2D eigenvalue weighted by Gasteiger charge is -2.10. The van der Waals surface area contributed by atoms with Gasteiger partial charge in [0, 0.05) is 12.7 Å². The maximum Gasteiger partial charge on any atom is 0.237 e. The Labute approximate surface area is 166 Å². The van der Waals surface area contributed by atoms with E-state index in [1.807, 2.05) is 59.0 Å². The van der Waals surface area contributed by atoms with E-state index >= 15 is 0 Å². The molecule has 0 spiro atoms. The Balaban J connectivity index is 1.61. The first kappa shape index (κ1) is 19.4. The third-order valence-corrected chi connectivity index (χ3v) is 6.10. The average Bonchev–Trinajstić information content (AvgIpc) is 3.14. The van der Waals surface area contributed by atoms with Gasteiger partial charge in [-0.1, -0.05) is 35.2 Å². The Morgan fingerprint density at radius 3 is 2.70 bits per heavy atom. The van der Waals surface area contributed by atoms with Crippen LogP contribution in [0.5, 0.6) is 0 Å². The van der Waals surface area contributed by atoms with Crippen LogP contribution in [0, 0.1) is 20.8 Å². The summed E-state index contributed by atoms with van der Waals surface area (Å²) in [6, 6.07) is 8.06. The molecule has 0 radical (unpaired) electrons. The number of hydrogen-bond donors (Lipinski definition) is 2. The first-order valence-corrected chi connectivity index (χ1v) is 10.2. The first-order chi connectivity index (χ1) is 12.8. The van der Waals surface area contributed by atoms with Crippen LogP contribution >= 0.6 is 23.1 Å². The van der Waals surface area contributed by atoms with Crippen LogP contribution in [0.15, 0.2) is 28.6 Å². The smallest absolute Gasteiger partial charge is 0.237 e. The van der Waals surface area contributed by atoms with Crippen LogP contribution in [0.2, 0.25) is 0 Å². The van der Waals surface area contributed by atoms with Crippen molar-refractivity contribution in [1.29, 1.82) is 0 Å². The highest BCUT2D eigenvalue weighted by Gasteiger charge is 2.20. The van der Waals surface area contributed by atoms with Gasteiger partial charge < -0.3 is 10.6 Å². The molecule has 1 aromatic carbocycles. The van der Waals surface area contributed by atoms with Gasteiger partial charge in [-0.05, 0) is 45.4 Å². The molecular weight excluding hydrogens is 380 g/mol. The standard InChI is InChI=1S/C18H22N6OS2/c1-10-7-6-8-14(9-10)19-17-21-22-18(27-17)26-13(4)16(25)20-15-11(2)23-24(5)12(15)3/h6-9,13H,1-5H3,(H,19,21)(H,20,25)/t13-/m0/s1. The largest absolute Gasteiger partial charge is 0.330 e. The molecule has 2 N–H and O–H groups in total. The summed E-state index contributed by atoms with van der Waals surface area (Å²) < 4.78 is 2.50. The van der Waals surface area contributed by atoms with Gasteiger partial charge in [-0.3, -0.25) is 9.48 Å². The molecule has 2 heterocycles. The number of amides is 1. The summed E-state index contributed by atoms with van der Waals surface area (Å²) in [4.78, 5) is 12.5. The van der Waals surface area contributed by atoms with Crippen molar-refractivity contribution in [2.75, 3.05) is 10.6 Å². The molecule has 7 nitrogen and oxygen atoms in total. The molecule has 0 bridgehead atoms. The van der Waals surface area contributed by atoms with E-state index in [1.54, 1.807) is 4.68 Å². The van der Waals surface area contributed by atoms with E-state index in [9.17, 15) is 4.79 Å². The van der Waals surface area contributed by atoms with E-state index in [0.717, 1.165) is 27.1 Å². The molecule has 0 unspecified atom stereocenters. The number of anilines is 3. The number of carbonyl (C=O) groups excluding carboxylic acids is 1. The lowest BCUT2D eigenvalue weighted by atomic mass is 10.2. The van der Waals surface area contributed by atoms with E-state index in [1.165, 1.54) is 28.7 Å². The van der Waals surface area contributed by atoms with Crippen LogP contribution in [0.4, 0.5) is 16.5 Å². The Morgan fingerprint density at radius 1 is 1.26 bits per heavy atom. The second-order valence-electron chi connectivity index (χ2n) is 6.29. The monoisotopic (exact) mass is 402 g/mol. The van der Waals surface area contributed by atoms with Crippen molar-refractivity contribution in [3.05, 3.63) is 41.2 Å². The number of aromatic nitrogens is 4. The Hall–Kier alpha value is -2.39. The maximum atomic E-state index is 12.5. The van der Waals surface area contributed by atoms with Crippen LogP contribution in [0.25, 0.3) is 0 Å². The second-order valence-corrected chi connectivity index (χ2v) is 8.85. The highest BCUT2D eigenvalue weighted by molar-refractivity contribution is 8.02. The van der Waals surface area contributed by atoms with Crippen LogP contribution in [-0.4, -0.2) is 31.1 Å². The summed E-state index contributed by atoms with van der Waals surface area (Å²) in [7, 11) is 1.86. The lowest BCUT2D eigenvalue weighted by molar-refractivity contribution is -0.115. The average molecular weight is 403 g/mol. The van der Waals surface area contributed by atoms with Crippen molar-refractivity contribution in [3.8, 4) is 0 Å². The van der Waals surface area contributed by atoms with E-state index < -0.39 is 0 Å². The van der Waals surface area contributed by atoms with Gasteiger partial charge in [0.25, 0.3) is 0 Å². The molecule has 27 heavy (non-hydrogen) atoms. The Kier molecular flexibility index (Phi) is 5.81. The number of thioether (sulfide) groups is 1. The highest BCUT2D eigenvalue weighted by Crippen LogP contribution is 2.31. The maximum absolute atomic E-state index is 12.5. The van der Waals surface area contributed by atoms with Gasteiger partial charge in [-0.2, -0.15) is 5.10 Å². The Bertz CT molecular complexity index is 965. The predicted molar refractivity (Wildman–Crippen MR) is 111 cm³/mol. The van der Waals surface area contributed by atoms with Crippen LogP contribution in [-0.2, 0) is 11.8 Å². The molecule has 3 aromatic rings. The fourth-order valence-electron chi connectivity index (χ4n) is 2.54. The topological polar surface area (TPSA) is 84.7 Å². The van der Waals surface area contributed by atoms with Gasteiger partial charge in [0.05, 0.1) is 22.3 Å². The van der Waals surface area contributed by atoms with Gasteiger partial charge >= 0.3 is 0 Å². The minimum atomic E-state index is -0.302. The lowest BCUT2D eigenvalue weighted by Crippen LogP contribution is -2.23. The molecular formula is C18H22N6OS2. The molecule has 0 aliphatic carbocycles. The highest BCUT2D eigenvalue weighted by atomic mass is 32.2. The van der Waals surface area contributed by atoms with Crippen molar-refractivity contribution in [2.45, 2.75) is 37.3 Å². The molecule has 0 fully saturated rings. The number of hydrogen-bond acceptors (Lipinski definition) is 7. The van der Waals surface area contributed by atoms with Crippen molar-refractivity contribution >= 4 is 45.5 Å². The van der Waals surface area contributed by atoms with Gasteiger partial charge in [0.1, 0.15) is 0 Å². The fraction of sp³-hybridized carbons (Fsp3) is 0.333. The zero-order chi connectivity index (χ0) is 19.6. The number of rotatable bonds is 6. The molecule has 1 atom stereocenters. The number of benzene rings is 1. The van der Waals surface area contributed by atoms with Crippen molar-refractivity contribution < 1.29 is 4.79 Å². The van der Waals surface area contributed by atoms with E-state index in [-0.39, 0.29) is 11.2 Å². The zero-order valence-electron chi connectivity index (χ0n) is 15.9. The zero-order valence-corrected chi connectivity index (χ0v) is 17.5. The summed E-state index contributed by atoms with van der Waals surface area (Å²) >= 11 is 2.82. The molecule has 1 amide bonds. The molecule has 0 saturated heterocycles. The predicted octanol–water partition coefficient (Wildman–Crippen LogP) is 4.06. The van der Waals surface area contributed by atoms with E-state index in [4.69, 9.17) is 0 Å². The van der Waals surface area contributed by atoms with Crippen molar-refractivity contribution in [3.63, 3.8) is 0 Å². The van der Waals surface area contributed by atoms with Gasteiger partial charge in [-0.25, -0.2) is 0 Å². The minimum Gasteiger partial charge on any atom is -0.330 e. The van der Waals surface area contributed by atoms with Gasteiger partial charge in [0.2, 0.25) is 11.0 Å². The van der Waals surface area contributed by atoms with Crippen molar-refractivity contribution in [2.24, 2.45) is 7.05 Å².